The fraction of sp³-hybridized carbons (Fsp3) is 0.381. The number of hydrogen-bond donors (Lipinski definition) is 0. The molecule has 6 nitrogen and oxygen atoms in total. The van der Waals surface area contributed by atoms with Gasteiger partial charge < -0.3 is 14.2 Å². The Kier molecular flexibility index (Phi) is 7.78. The van der Waals surface area contributed by atoms with Crippen LogP contribution < -0.4 is 4.74 Å². The predicted molar refractivity (Wildman–Crippen MR) is 101 cm³/mol. The minimum absolute atomic E-state index is 0.00185. The van der Waals surface area contributed by atoms with E-state index in [4.69, 9.17) is 14.2 Å². The standard InChI is InChI=1S/C21H24N2O4/c1-4-6-7-15-8-9-16(10-17(15)12-22)19-11-18(21(24)26-5-2)20(13-23-19)27-14-25-3/h8-11,13H,4-7,14H2,1-3H3. The molecule has 0 atom stereocenters. The summed E-state index contributed by atoms with van der Waals surface area (Å²) in [5.74, 6) is -0.202. The van der Waals surface area contributed by atoms with Crippen molar-refractivity contribution < 1.29 is 19.0 Å². The van der Waals surface area contributed by atoms with Crippen molar-refractivity contribution in [1.29, 1.82) is 5.26 Å². The van der Waals surface area contributed by atoms with Gasteiger partial charge in [-0.1, -0.05) is 25.5 Å². The molecule has 0 aliphatic carbocycles. The molecule has 0 spiro atoms. The van der Waals surface area contributed by atoms with E-state index in [2.05, 4.69) is 18.0 Å². The van der Waals surface area contributed by atoms with Gasteiger partial charge in [0.05, 0.1) is 30.1 Å². The Morgan fingerprint density at radius 3 is 2.74 bits per heavy atom. The molecule has 0 aliphatic heterocycles. The van der Waals surface area contributed by atoms with Gasteiger partial charge in [-0.2, -0.15) is 5.26 Å². The highest BCUT2D eigenvalue weighted by atomic mass is 16.7. The van der Waals surface area contributed by atoms with E-state index in [0.29, 0.717) is 17.0 Å². The lowest BCUT2D eigenvalue weighted by Crippen LogP contribution is -2.10. The molecular formula is C21H24N2O4. The Morgan fingerprint density at radius 1 is 1.26 bits per heavy atom. The van der Waals surface area contributed by atoms with E-state index in [9.17, 15) is 10.1 Å². The first-order chi connectivity index (χ1) is 13.1. The third-order valence-electron chi connectivity index (χ3n) is 4.02. The number of nitrogens with zero attached hydrogens (tertiary/aromatic N) is 2. The molecule has 0 saturated carbocycles. The van der Waals surface area contributed by atoms with Crippen molar-refractivity contribution >= 4 is 5.97 Å². The summed E-state index contributed by atoms with van der Waals surface area (Å²) in [6.45, 7) is 4.11. The molecule has 1 aromatic heterocycles. The molecule has 0 aliphatic rings. The zero-order valence-corrected chi connectivity index (χ0v) is 15.9. The zero-order valence-electron chi connectivity index (χ0n) is 15.9. The van der Waals surface area contributed by atoms with Crippen LogP contribution in [0.2, 0.25) is 0 Å². The van der Waals surface area contributed by atoms with Crippen LogP contribution in [-0.2, 0) is 15.9 Å². The average Bonchev–Trinajstić information content (AvgIpc) is 2.70. The minimum Gasteiger partial charge on any atom is -0.465 e. The number of ether oxygens (including phenoxy) is 3. The van der Waals surface area contributed by atoms with Gasteiger partial charge in [-0.25, -0.2) is 4.79 Å². The summed E-state index contributed by atoms with van der Waals surface area (Å²) >= 11 is 0. The Labute approximate surface area is 159 Å². The van der Waals surface area contributed by atoms with Crippen molar-refractivity contribution in [3.05, 3.63) is 47.2 Å². The lowest BCUT2D eigenvalue weighted by molar-refractivity contribution is 0.0436. The summed E-state index contributed by atoms with van der Waals surface area (Å²) in [6, 6.07) is 9.54. The fourth-order valence-corrected chi connectivity index (χ4v) is 2.63. The summed E-state index contributed by atoms with van der Waals surface area (Å²) in [6.07, 6.45) is 4.44. The number of nitriles is 1. The van der Waals surface area contributed by atoms with Crippen LogP contribution in [0, 0.1) is 11.3 Å². The minimum atomic E-state index is -0.493. The topological polar surface area (TPSA) is 81.4 Å². The Hall–Kier alpha value is -2.91. The average molecular weight is 368 g/mol. The number of unbranched alkanes of at least 4 members (excludes halogenated alkanes) is 1. The van der Waals surface area contributed by atoms with Crippen molar-refractivity contribution in [2.75, 3.05) is 20.5 Å². The molecule has 0 N–H and O–H groups in total. The summed E-state index contributed by atoms with van der Waals surface area (Å²) < 4.78 is 15.4. The number of benzene rings is 1. The second-order valence-electron chi connectivity index (χ2n) is 5.92. The number of rotatable bonds is 9. The van der Waals surface area contributed by atoms with Gasteiger partial charge in [0, 0.05) is 12.7 Å². The first kappa shape index (κ1) is 20.4. The molecule has 1 aromatic carbocycles. The number of hydrogen-bond acceptors (Lipinski definition) is 6. The Morgan fingerprint density at radius 2 is 2.07 bits per heavy atom. The number of aryl methyl sites for hydroxylation is 1. The largest absolute Gasteiger partial charge is 0.465 e. The van der Waals surface area contributed by atoms with Crippen LogP contribution in [-0.4, -0.2) is 31.5 Å². The van der Waals surface area contributed by atoms with Gasteiger partial charge in [0.1, 0.15) is 5.56 Å². The molecule has 2 rings (SSSR count). The quantitative estimate of drug-likeness (QED) is 0.489. The maximum atomic E-state index is 12.3. The molecule has 0 bridgehead atoms. The van der Waals surface area contributed by atoms with E-state index in [-0.39, 0.29) is 19.0 Å². The van der Waals surface area contributed by atoms with Crippen LogP contribution >= 0.6 is 0 Å². The second-order valence-corrected chi connectivity index (χ2v) is 5.92. The lowest BCUT2D eigenvalue weighted by Gasteiger charge is -2.12. The molecule has 142 valence electrons. The summed E-state index contributed by atoms with van der Waals surface area (Å²) in [5.41, 5.74) is 3.25. The number of aromatic nitrogens is 1. The van der Waals surface area contributed by atoms with Crippen LogP contribution in [0.5, 0.6) is 5.75 Å². The van der Waals surface area contributed by atoms with Crippen molar-refractivity contribution in [3.8, 4) is 23.1 Å². The smallest absolute Gasteiger partial charge is 0.342 e. The Balaban J connectivity index is 2.41. The molecule has 6 heteroatoms. The normalized spacial score (nSPS) is 10.3. The molecule has 0 radical (unpaired) electrons. The highest BCUT2D eigenvalue weighted by molar-refractivity contribution is 5.93. The van der Waals surface area contributed by atoms with E-state index in [1.807, 2.05) is 12.1 Å². The molecule has 0 amide bonds. The third kappa shape index (κ3) is 5.28. The van der Waals surface area contributed by atoms with Crippen LogP contribution in [0.1, 0.15) is 48.2 Å². The SMILES string of the molecule is CCCCc1ccc(-c2cc(C(=O)OCC)c(OCOC)cn2)cc1C#N. The number of methoxy groups -OCH3 is 1. The molecular weight excluding hydrogens is 344 g/mol. The summed E-state index contributed by atoms with van der Waals surface area (Å²) in [4.78, 5) is 16.7. The van der Waals surface area contributed by atoms with Gasteiger partial charge in [-0.3, -0.25) is 4.98 Å². The van der Waals surface area contributed by atoms with E-state index in [1.165, 1.54) is 13.3 Å². The van der Waals surface area contributed by atoms with Crippen molar-refractivity contribution in [3.63, 3.8) is 0 Å². The van der Waals surface area contributed by atoms with Gasteiger partial charge in [-0.05, 0) is 37.5 Å². The molecule has 0 fully saturated rings. The summed E-state index contributed by atoms with van der Waals surface area (Å²) in [5, 5.41) is 9.46. The van der Waals surface area contributed by atoms with Crippen LogP contribution in [0.3, 0.4) is 0 Å². The van der Waals surface area contributed by atoms with Gasteiger partial charge in [-0.15, -0.1) is 0 Å². The molecule has 1 heterocycles. The molecule has 0 unspecified atom stereocenters. The maximum absolute atomic E-state index is 12.3. The zero-order chi connectivity index (χ0) is 19.6. The first-order valence-electron chi connectivity index (χ1n) is 8.96. The van der Waals surface area contributed by atoms with Gasteiger partial charge in [0.25, 0.3) is 0 Å². The number of esters is 1. The number of carbonyl (C=O) groups is 1. The van der Waals surface area contributed by atoms with Crippen molar-refractivity contribution in [1.82, 2.24) is 4.98 Å². The Bertz CT molecular complexity index is 827. The van der Waals surface area contributed by atoms with Gasteiger partial charge >= 0.3 is 5.97 Å². The van der Waals surface area contributed by atoms with Crippen LogP contribution in [0.4, 0.5) is 0 Å². The maximum Gasteiger partial charge on any atom is 0.342 e. The van der Waals surface area contributed by atoms with Gasteiger partial charge in [0.15, 0.2) is 12.5 Å². The predicted octanol–water partition coefficient (Wildman–Crippen LogP) is 4.12. The van der Waals surface area contributed by atoms with Crippen molar-refractivity contribution in [2.45, 2.75) is 33.1 Å². The second kappa shape index (κ2) is 10.3. The fourth-order valence-electron chi connectivity index (χ4n) is 2.63. The van der Waals surface area contributed by atoms with E-state index >= 15 is 0 Å². The molecule has 27 heavy (non-hydrogen) atoms. The van der Waals surface area contributed by atoms with Crippen LogP contribution in [0.25, 0.3) is 11.3 Å². The molecule has 2 aromatic rings. The third-order valence-corrected chi connectivity index (χ3v) is 4.02. The van der Waals surface area contributed by atoms with Gasteiger partial charge in [0.2, 0.25) is 0 Å². The van der Waals surface area contributed by atoms with Crippen molar-refractivity contribution in [2.24, 2.45) is 0 Å². The van der Waals surface area contributed by atoms with Crippen LogP contribution in [0.15, 0.2) is 30.5 Å². The monoisotopic (exact) mass is 368 g/mol. The highest BCUT2D eigenvalue weighted by Crippen LogP contribution is 2.27. The number of pyridine rings is 1. The van der Waals surface area contributed by atoms with E-state index in [1.54, 1.807) is 19.1 Å². The highest BCUT2D eigenvalue weighted by Gasteiger charge is 2.17. The summed E-state index contributed by atoms with van der Waals surface area (Å²) in [7, 11) is 1.50. The lowest BCUT2D eigenvalue weighted by atomic mass is 9.98. The van der Waals surface area contributed by atoms with E-state index < -0.39 is 5.97 Å². The van der Waals surface area contributed by atoms with E-state index in [0.717, 1.165) is 30.4 Å². The molecule has 0 saturated heterocycles. The number of carbonyl (C=O) groups excluding carboxylic acids is 1. The first-order valence-corrected chi connectivity index (χ1v) is 8.96.